The van der Waals surface area contributed by atoms with Crippen LogP contribution in [0, 0.1) is 0 Å². The topological polar surface area (TPSA) is 58.2 Å². The van der Waals surface area contributed by atoms with Crippen LogP contribution in [0.5, 0.6) is 5.75 Å². The molecule has 0 bridgehead atoms. The summed E-state index contributed by atoms with van der Waals surface area (Å²) in [5.74, 6) is 0.576. The number of carbonyl (C=O) groups excluding carboxylic acids is 1. The predicted octanol–water partition coefficient (Wildman–Crippen LogP) is 4.02. The Bertz CT molecular complexity index is 1130. The molecule has 0 radical (unpaired) electrons. The van der Waals surface area contributed by atoms with E-state index in [-0.39, 0.29) is 5.78 Å². The highest BCUT2D eigenvalue weighted by Gasteiger charge is 2.18. The van der Waals surface area contributed by atoms with Crippen LogP contribution in [0.15, 0.2) is 54.7 Å². The lowest BCUT2D eigenvalue weighted by atomic mass is 10.0. The zero-order chi connectivity index (χ0) is 18.3. The van der Waals surface area contributed by atoms with Crippen LogP contribution in [-0.4, -0.2) is 37.0 Å². The van der Waals surface area contributed by atoms with Crippen molar-refractivity contribution in [2.24, 2.45) is 0 Å². The van der Waals surface area contributed by atoms with Gasteiger partial charge in [-0.15, -0.1) is 0 Å². The molecule has 0 aliphatic carbocycles. The lowest BCUT2D eigenvalue weighted by molar-refractivity contribution is 0.103. The summed E-state index contributed by atoms with van der Waals surface area (Å²) in [6.07, 6.45) is 1.62. The number of fused-ring (bicyclic) bond motifs is 3. The smallest absolute Gasteiger partial charge is 0.196 e. The van der Waals surface area contributed by atoms with E-state index in [9.17, 15) is 4.79 Å². The molecule has 26 heavy (non-hydrogen) atoms. The number of H-pyrrole nitrogens is 1. The van der Waals surface area contributed by atoms with Crippen LogP contribution in [0.25, 0.3) is 21.9 Å². The fourth-order valence-electron chi connectivity index (χ4n) is 3.22. The Hall–Kier alpha value is -3.34. The first-order chi connectivity index (χ1) is 12.6. The van der Waals surface area contributed by atoms with Gasteiger partial charge in [0.2, 0.25) is 0 Å². The maximum absolute atomic E-state index is 13.2. The second-order valence-electron chi connectivity index (χ2n) is 6.40. The molecule has 0 aliphatic heterocycles. The standard InChI is InChI=1S/C21H19N3O2/c1-24(2)19-9-8-14(26-3)11-17(19)20(25)13-10-16-15-6-4-5-7-18(15)23-21(16)22-12-13/h4-12H,1-3H3,(H,22,23). The molecule has 2 heterocycles. The van der Waals surface area contributed by atoms with E-state index in [0.29, 0.717) is 16.9 Å². The monoisotopic (exact) mass is 345 g/mol. The quantitative estimate of drug-likeness (QED) is 0.568. The van der Waals surface area contributed by atoms with Crippen LogP contribution in [0.4, 0.5) is 5.69 Å². The van der Waals surface area contributed by atoms with Gasteiger partial charge in [0, 0.05) is 53.4 Å². The van der Waals surface area contributed by atoms with Crippen LogP contribution in [0.1, 0.15) is 15.9 Å². The Morgan fingerprint density at radius 2 is 1.88 bits per heavy atom. The fourth-order valence-corrected chi connectivity index (χ4v) is 3.22. The third-order valence-electron chi connectivity index (χ3n) is 4.55. The van der Waals surface area contributed by atoms with Gasteiger partial charge in [-0.3, -0.25) is 4.79 Å². The highest BCUT2D eigenvalue weighted by Crippen LogP contribution is 2.29. The predicted molar refractivity (Wildman–Crippen MR) is 104 cm³/mol. The average molecular weight is 345 g/mol. The molecule has 0 fully saturated rings. The van der Waals surface area contributed by atoms with Crippen molar-refractivity contribution in [1.29, 1.82) is 0 Å². The first kappa shape index (κ1) is 16.1. The third kappa shape index (κ3) is 2.58. The average Bonchev–Trinajstić information content (AvgIpc) is 3.04. The number of ketones is 1. The van der Waals surface area contributed by atoms with E-state index in [2.05, 4.69) is 9.97 Å². The van der Waals surface area contributed by atoms with Crippen LogP contribution in [0.3, 0.4) is 0 Å². The van der Waals surface area contributed by atoms with Crippen molar-refractivity contribution in [2.75, 3.05) is 26.1 Å². The van der Waals surface area contributed by atoms with Gasteiger partial charge in [0.25, 0.3) is 0 Å². The Kier molecular flexibility index (Phi) is 3.84. The number of para-hydroxylation sites is 1. The number of benzene rings is 2. The summed E-state index contributed by atoms with van der Waals surface area (Å²) in [6.45, 7) is 0. The van der Waals surface area contributed by atoms with E-state index in [1.165, 1.54) is 0 Å². The number of rotatable bonds is 4. The molecule has 4 rings (SSSR count). The van der Waals surface area contributed by atoms with E-state index < -0.39 is 0 Å². The van der Waals surface area contributed by atoms with Crippen molar-refractivity contribution in [3.8, 4) is 5.75 Å². The summed E-state index contributed by atoms with van der Waals surface area (Å²) >= 11 is 0. The molecule has 5 heteroatoms. The number of aromatic nitrogens is 2. The van der Waals surface area contributed by atoms with E-state index in [4.69, 9.17) is 4.74 Å². The molecular weight excluding hydrogens is 326 g/mol. The van der Waals surface area contributed by atoms with Gasteiger partial charge in [0.1, 0.15) is 11.4 Å². The molecule has 0 atom stereocenters. The summed E-state index contributed by atoms with van der Waals surface area (Å²) in [6, 6.07) is 15.4. The lowest BCUT2D eigenvalue weighted by Gasteiger charge is -2.17. The number of nitrogens with zero attached hydrogens (tertiary/aromatic N) is 2. The molecular formula is C21H19N3O2. The molecule has 130 valence electrons. The Labute approximate surface area is 151 Å². The number of nitrogens with one attached hydrogen (secondary N) is 1. The normalized spacial score (nSPS) is 11.0. The first-order valence-electron chi connectivity index (χ1n) is 8.35. The van der Waals surface area contributed by atoms with Crippen molar-refractivity contribution in [3.63, 3.8) is 0 Å². The summed E-state index contributed by atoms with van der Waals surface area (Å²) in [7, 11) is 5.43. The van der Waals surface area contributed by atoms with Gasteiger partial charge >= 0.3 is 0 Å². The minimum Gasteiger partial charge on any atom is -0.497 e. The number of ether oxygens (including phenoxy) is 1. The van der Waals surface area contributed by atoms with E-state index in [1.54, 1.807) is 19.4 Å². The SMILES string of the molecule is COc1ccc(N(C)C)c(C(=O)c2cnc3[nH]c4ccccc4c3c2)c1. The van der Waals surface area contributed by atoms with Crippen LogP contribution in [-0.2, 0) is 0 Å². The minimum absolute atomic E-state index is 0.0766. The number of methoxy groups -OCH3 is 1. The van der Waals surface area contributed by atoms with Crippen molar-refractivity contribution < 1.29 is 9.53 Å². The Morgan fingerprint density at radius 3 is 2.65 bits per heavy atom. The van der Waals surface area contributed by atoms with Gasteiger partial charge in [-0.05, 0) is 30.3 Å². The van der Waals surface area contributed by atoms with Crippen molar-refractivity contribution in [3.05, 3.63) is 65.9 Å². The summed E-state index contributed by atoms with van der Waals surface area (Å²) in [5, 5.41) is 2.00. The molecule has 0 amide bonds. The largest absolute Gasteiger partial charge is 0.497 e. The Morgan fingerprint density at radius 1 is 1.08 bits per heavy atom. The number of aromatic amines is 1. The van der Waals surface area contributed by atoms with Crippen molar-refractivity contribution in [2.45, 2.75) is 0 Å². The van der Waals surface area contributed by atoms with Crippen molar-refractivity contribution >= 4 is 33.4 Å². The maximum Gasteiger partial charge on any atom is 0.196 e. The molecule has 4 aromatic rings. The van der Waals surface area contributed by atoms with Gasteiger partial charge in [-0.1, -0.05) is 18.2 Å². The highest BCUT2D eigenvalue weighted by atomic mass is 16.5. The highest BCUT2D eigenvalue weighted by molar-refractivity contribution is 6.15. The number of hydrogen-bond donors (Lipinski definition) is 1. The fraction of sp³-hybridized carbons (Fsp3) is 0.143. The number of carbonyl (C=O) groups is 1. The van der Waals surface area contributed by atoms with Gasteiger partial charge in [-0.25, -0.2) is 4.98 Å². The maximum atomic E-state index is 13.2. The molecule has 2 aromatic carbocycles. The zero-order valence-corrected chi connectivity index (χ0v) is 14.9. The van der Waals surface area contributed by atoms with E-state index in [0.717, 1.165) is 27.6 Å². The third-order valence-corrected chi connectivity index (χ3v) is 4.55. The molecule has 2 aromatic heterocycles. The molecule has 0 unspecified atom stereocenters. The Balaban J connectivity index is 1.87. The number of hydrogen-bond acceptors (Lipinski definition) is 4. The van der Waals surface area contributed by atoms with E-state index in [1.807, 2.05) is 61.5 Å². The molecule has 0 saturated heterocycles. The van der Waals surface area contributed by atoms with Gasteiger partial charge in [0.15, 0.2) is 5.78 Å². The van der Waals surface area contributed by atoms with Crippen LogP contribution in [0.2, 0.25) is 0 Å². The summed E-state index contributed by atoms with van der Waals surface area (Å²) in [4.78, 5) is 22.9. The number of pyridine rings is 1. The van der Waals surface area contributed by atoms with E-state index >= 15 is 0 Å². The van der Waals surface area contributed by atoms with Crippen LogP contribution >= 0.6 is 0 Å². The number of anilines is 1. The molecule has 1 N–H and O–H groups in total. The first-order valence-corrected chi connectivity index (χ1v) is 8.35. The van der Waals surface area contributed by atoms with Crippen molar-refractivity contribution in [1.82, 2.24) is 9.97 Å². The molecule has 0 saturated carbocycles. The lowest BCUT2D eigenvalue weighted by Crippen LogP contribution is -2.14. The summed E-state index contributed by atoms with van der Waals surface area (Å²) in [5.41, 5.74) is 3.78. The van der Waals surface area contributed by atoms with Gasteiger partial charge in [-0.2, -0.15) is 0 Å². The second-order valence-corrected chi connectivity index (χ2v) is 6.40. The molecule has 0 spiro atoms. The molecule has 0 aliphatic rings. The van der Waals surface area contributed by atoms with Gasteiger partial charge < -0.3 is 14.6 Å². The molecule has 5 nitrogen and oxygen atoms in total. The van der Waals surface area contributed by atoms with Gasteiger partial charge in [0.05, 0.1) is 7.11 Å². The zero-order valence-electron chi connectivity index (χ0n) is 14.9. The van der Waals surface area contributed by atoms with Crippen LogP contribution < -0.4 is 9.64 Å². The minimum atomic E-state index is -0.0766. The summed E-state index contributed by atoms with van der Waals surface area (Å²) < 4.78 is 5.30. The second kappa shape index (κ2) is 6.19.